The average Bonchev–Trinajstić information content (AvgIpc) is 2.23. The predicted octanol–water partition coefficient (Wildman–Crippen LogP) is 3.21. The Morgan fingerprint density at radius 1 is 1.11 bits per heavy atom. The molecule has 1 unspecified atom stereocenters. The summed E-state index contributed by atoms with van der Waals surface area (Å²) in [5, 5.41) is 3.68. The van der Waals surface area contributed by atoms with E-state index in [0.717, 1.165) is 13.1 Å². The average molecular weight is 248 g/mol. The Balaban J connectivity index is 3.03. The highest BCUT2D eigenvalue weighted by Crippen LogP contribution is 2.24. The van der Waals surface area contributed by atoms with Crippen molar-refractivity contribution in [3.05, 3.63) is 34.4 Å². The minimum Gasteiger partial charge on any atom is -0.309 e. The van der Waals surface area contributed by atoms with Crippen LogP contribution in [0.5, 0.6) is 0 Å². The van der Waals surface area contributed by atoms with E-state index in [2.05, 4.69) is 64.1 Å². The number of aryl methyl sites for hydroxylation is 3. The molecule has 0 saturated heterocycles. The molecule has 0 fully saturated rings. The standard InChI is InChI=1S/C16H28N2/c1-7-8-17-15(11-18(5)6)16-13(3)9-12(2)10-14(16)4/h9-10,15,17H,7-8,11H2,1-6H3. The maximum atomic E-state index is 3.68. The molecule has 2 nitrogen and oxygen atoms in total. The zero-order chi connectivity index (χ0) is 13.7. The van der Waals surface area contributed by atoms with Gasteiger partial charge in [-0.2, -0.15) is 0 Å². The molecule has 18 heavy (non-hydrogen) atoms. The van der Waals surface area contributed by atoms with Gasteiger partial charge in [-0.05, 0) is 64.5 Å². The molecule has 2 heteroatoms. The highest BCUT2D eigenvalue weighted by atomic mass is 15.1. The first-order valence-electron chi connectivity index (χ1n) is 6.91. The van der Waals surface area contributed by atoms with E-state index in [1.54, 1.807) is 0 Å². The largest absolute Gasteiger partial charge is 0.309 e. The number of benzene rings is 1. The minimum atomic E-state index is 0.431. The fourth-order valence-electron chi connectivity index (χ4n) is 2.68. The summed E-state index contributed by atoms with van der Waals surface area (Å²) >= 11 is 0. The normalized spacial score (nSPS) is 13.1. The summed E-state index contributed by atoms with van der Waals surface area (Å²) in [7, 11) is 4.28. The van der Waals surface area contributed by atoms with E-state index >= 15 is 0 Å². The first kappa shape index (κ1) is 15.2. The van der Waals surface area contributed by atoms with Gasteiger partial charge in [-0.15, -0.1) is 0 Å². The van der Waals surface area contributed by atoms with Crippen LogP contribution in [-0.2, 0) is 0 Å². The lowest BCUT2D eigenvalue weighted by Crippen LogP contribution is -2.32. The van der Waals surface area contributed by atoms with Crippen LogP contribution >= 0.6 is 0 Å². The Hall–Kier alpha value is -0.860. The van der Waals surface area contributed by atoms with Gasteiger partial charge >= 0.3 is 0 Å². The molecule has 1 N–H and O–H groups in total. The molecule has 0 aliphatic heterocycles. The van der Waals surface area contributed by atoms with Gasteiger partial charge in [0.2, 0.25) is 0 Å². The molecule has 1 aromatic carbocycles. The lowest BCUT2D eigenvalue weighted by molar-refractivity contribution is 0.341. The third-order valence-electron chi connectivity index (χ3n) is 3.27. The van der Waals surface area contributed by atoms with Gasteiger partial charge in [0.15, 0.2) is 0 Å². The maximum Gasteiger partial charge on any atom is 0.0454 e. The molecule has 0 spiro atoms. The molecule has 0 saturated carbocycles. The van der Waals surface area contributed by atoms with Crippen LogP contribution in [0.3, 0.4) is 0 Å². The summed E-state index contributed by atoms with van der Waals surface area (Å²) in [6, 6.07) is 5.01. The van der Waals surface area contributed by atoms with E-state index in [-0.39, 0.29) is 0 Å². The Labute approximate surface area is 112 Å². The molecule has 0 radical (unpaired) electrons. The van der Waals surface area contributed by atoms with Crippen LogP contribution in [0, 0.1) is 20.8 Å². The van der Waals surface area contributed by atoms with Crippen LogP contribution in [0.25, 0.3) is 0 Å². The second kappa shape index (κ2) is 6.91. The fourth-order valence-corrected chi connectivity index (χ4v) is 2.68. The lowest BCUT2D eigenvalue weighted by atomic mass is 9.93. The number of nitrogens with one attached hydrogen (secondary N) is 1. The van der Waals surface area contributed by atoms with E-state index in [4.69, 9.17) is 0 Å². The van der Waals surface area contributed by atoms with Crippen molar-refractivity contribution >= 4 is 0 Å². The maximum absolute atomic E-state index is 3.68. The molecule has 1 atom stereocenters. The van der Waals surface area contributed by atoms with Crippen molar-refractivity contribution in [1.82, 2.24) is 10.2 Å². The lowest BCUT2D eigenvalue weighted by Gasteiger charge is -2.26. The molecule has 0 bridgehead atoms. The predicted molar refractivity (Wildman–Crippen MR) is 80.2 cm³/mol. The van der Waals surface area contributed by atoms with Crippen molar-refractivity contribution in [3.8, 4) is 0 Å². The third kappa shape index (κ3) is 4.11. The zero-order valence-electron chi connectivity index (χ0n) is 12.8. The topological polar surface area (TPSA) is 15.3 Å². The van der Waals surface area contributed by atoms with Gasteiger partial charge in [0, 0.05) is 12.6 Å². The summed E-state index contributed by atoms with van der Waals surface area (Å²) in [6.45, 7) is 11.0. The SMILES string of the molecule is CCCNC(CN(C)C)c1c(C)cc(C)cc1C. The Kier molecular flexibility index (Phi) is 5.83. The van der Waals surface area contributed by atoms with Crippen molar-refractivity contribution in [3.63, 3.8) is 0 Å². The van der Waals surface area contributed by atoms with Crippen LogP contribution in [0.4, 0.5) is 0 Å². The highest BCUT2D eigenvalue weighted by molar-refractivity contribution is 5.39. The third-order valence-corrected chi connectivity index (χ3v) is 3.27. The van der Waals surface area contributed by atoms with Crippen LogP contribution in [0.1, 0.15) is 41.6 Å². The van der Waals surface area contributed by atoms with Gasteiger partial charge in [-0.3, -0.25) is 0 Å². The van der Waals surface area contributed by atoms with Gasteiger partial charge in [-0.1, -0.05) is 24.6 Å². The molecule has 0 amide bonds. The minimum absolute atomic E-state index is 0.431. The molecule has 0 heterocycles. The molecular weight excluding hydrogens is 220 g/mol. The van der Waals surface area contributed by atoms with Gasteiger partial charge in [-0.25, -0.2) is 0 Å². The summed E-state index contributed by atoms with van der Waals surface area (Å²) in [5.41, 5.74) is 5.64. The van der Waals surface area contributed by atoms with Crippen LogP contribution in [0.15, 0.2) is 12.1 Å². The number of likely N-dealkylation sites (N-methyl/N-ethyl adjacent to an activating group) is 1. The highest BCUT2D eigenvalue weighted by Gasteiger charge is 2.16. The van der Waals surface area contributed by atoms with Crippen molar-refractivity contribution in [1.29, 1.82) is 0 Å². The van der Waals surface area contributed by atoms with Crippen LogP contribution in [-0.4, -0.2) is 32.1 Å². The summed E-state index contributed by atoms with van der Waals surface area (Å²) in [6.07, 6.45) is 1.17. The van der Waals surface area contributed by atoms with E-state index in [0.29, 0.717) is 6.04 Å². The van der Waals surface area contributed by atoms with Crippen molar-refractivity contribution in [2.45, 2.75) is 40.2 Å². The molecule has 102 valence electrons. The van der Waals surface area contributed by atoms with Gasteiger partial charge in [0.05, 0.1) is 0 Å². The molecular formula is C16H28N2. The second-order valence-electron chi connectivity index (χ2n) is 5.58. The van der Waals surface area contributed by atoms with Crippen molar-refractivity contribution in [2.24, 2.45) is 0 Å². The molecule has 0 aromatic heterocycles. The summed E-state index contributed by atoms with van der Waals surface area (Å²) in [5.74, 6) is 0. The second-order valence-corrected chi connectivity index (χ2v) is 5.58. The Bertz CT molecular complexity index is 360. The molecule has 0 aliphatic carbocycles. The van der Waals surface area contributed by atoms with Crippen molar-refractivity contribution < 1.29 is 0 Å². The summed E-state index contributed by atoms with van der Waals surface area (Å²) < 4.78 is 0. The number of hydrogen-bond acceptors (Lipinski definition) is 2. The van der Waals surface area contributed by atoms with Crippen molar-refractivity contribution in [2.75, 3.05) is 27.2 Å². The van der Waals surface area contributed by atoms with E-state index in [1.165, 1.54) is 28.7 Å². The van der Waals surface area contributed by atoms with E-state index < -0.39 is 0 Å². The zero-order valence-corrected chi connectivity index (χ0v) is 12.8. The molecule has 0 aliphatic rings. The fraction of sp³-hybridized carbons (Fsp3) is 0.625. The van der Waals surface area contributed by atoms with Gasteiger partial charge in [0.25, 0.3) is 0 Å². The number of nitrogens with zero attached hydrogens (tertiary/aromatic N) is 1. The first-order valence-corrected chi connectivity index (χ1v) is 6.91. The van der Waals surface area contributed by atoms with E-state index in [1.807, 2.05) is 0 Å². The van der Waals surface area contributed by atoms with Crippen LogP contribution < -0.4 is 5.32 Å². The molecule has 1 aromatic rings. The monoisotopic (exact) mass is 248 g/mol. The molecule has 1 rings (SSSR count). The smallest absolute Gasteiger partial charge is 0.0454 e. The van der Waals surface area contributed by atoms with Gasteiger partial charge in [0.1, 0.15) is 0 Å². The quantitative estimate of drug-likeness (QED) is 0.831. The van der Waals surface area contributed by atoms with Crippen LogP contribution in [0.2, 0.25) is 0 Å². The Morgan fingerprint density at radius 3 is 2.11 bits per heavy atom. The van der Waals surface area contributed by atoms with E-state index in [9.17, 15) is 0 Å². The van der Waals surface area contributed by atoms with Gasteiger partial charge < -0.3 is 10.2 Å². The number of hydrogen-bond donors (Lipinski definition) is 1. The summed E-state index contributed by atoms with van der Waals surface area (Å²) in [4.78, 5) is 2.26. The first-order chi connectivity index (χ1) is 8.45. The Morgan fingerprint density at radius 2 is 1.67 bits per heavy atom. The number of rotatable bonds is 6.